The average molecular weight is 385 g/mol. The molecule has 2 fully saturated rings. The van der Waals surface area contributed by atoms with E-state index in [-0.39, 0.29) is 40.8 Å². The number of alkyl halides is 2. The minimum Gasteiger partial charge on any atom is -0.299 e. The van der Waals surface area contributed by atoms with Crippen LogP contribution < -0.4 is 5.14 Å². The molecule has 1 aromatic rings. The Kier molecular flexibility index (Phi) is 4.76. The molecule has 2 aliphatic carbocycles. The van der Waals surface area contributed by atoms with E-state index in [2.05, 4.69) is 0 Å². The first-order chi connectivity index (χ1) is 11.9. The number of rotatable bonds is 5. The maximum absolute atomic E-state index is 14.1. The van der Waals surface area contributed by atoms with Crippen molar-refractivity contribution in [1.82, 2.24) is 0 Å². The summed E-state index contributed by atoms with van der Waals surface area (Å²) < 4.78 is 50.9. The summed E-state index contributed by atoms with van der Waals surface area (Å²) in [6.45, 7) is 3.90. The summed E-state index contributed by atoms with van der Waals surface area (Å²) in [4.78, 5) is 12.8. The maximum atomic E-state index is 14.1. The van der Waals surface area contributed by atoms with Crippen LogP contribution in [0, 0.1) is 17.3 Å². The number of halogens is 2. The molecule has 2 aliphatic rings. The zero-order chi connectivity index (χ0) is 19.3. The number of carbonyl (C=O) groups excluding carboxylic acids is 1. The molecule has 2 saturated carbocycles. The normalized spacial score (nSPS) is 30.0. The van der Waals surface area contributed by atoms with Gasteiger partial charge in [0.1, 0.15) is 5.78 Å². The molecule has 3 atom stereocenters. The summed E-state index contributed by atoms with van der Waals surface area (Å²) in [7, 11) is -3.77. The number of carbonyl (C=O) groups is 1. The third-order valence-electron chi connectivity index (χ3n) is 6.10. The molecule has 0 spiro atoms. The van der Waals surface area contributed by atoms with E-state index in [9.17, 15) is 22.0 Å². The van der Waals surface area contributed by atoms with Gasteiger partial charge in [-0.15, -0.1) is 0 Å². The first-order valence-corrected chi connectivity index (χ1v) is 10.5. The van der Waals surface area contributed by atoms with Gasteiger partial charge < -0.3 is 0 Å². The van der Waals surface area contributed by atoms with Gasteiger partial charge in [0.05, 0.1) is 4.90 Å². The Morgan fingerprint density at radius 1 is 1.19 bits per heavy atom. The zero-order valence-corrected chi connectivity index (χ0v) is 15.9. The molecule has 1 aromatic carbocycles. The van der Waals surface area contributed by atoms with Crippen molar-refractivity contribution in [1.29, 1.82) is 0 Å². The first-order valence-electron chi connectivity index (χ1n) is 8.98. The zero-order valence-electron chi connectivity index (χ0n) is 15.0. The van der Waals surface area contributed by atoms with E-state index in [1.807, 2.05) is 13.8 Å². The number of hydrogen-bond acceptors (Lipinski definition) is 3. The van der Waals surface area contributed by atoms with E-state index >= 15 is 0 Å². The lowest BCUT2D eigenvalue weighted by molar-refractivity contribution is -0.130. The highest BCUT2D eigenvalue weighted by atomic mass is 32.2. The second-order valence-electron chi connectivity index (χ2n) is 8.26. The second-order valence-corrected chi connectivity index (χ2v) is 9.83. The van der Waals surface area contributed by atoms with Crippen molar-refractivity contribution in [3.8, 4) is 0 Å². The number of Topliss-reactive ketones (excluding diaryl/α,β-unsaturated/α-hetero) is 1. The van der Waals surface area contributed by atoms with Crippen LogP contribution in [0.1, 0.15) is 57.4 Å². The van der Waals surface area contributed by atoms with Crippen LogP contribution in [0.4, 0.5) is 8.78 Å². The molecule has 0 aromatic heterocycles. The summed E-state index contributed by atoms with van der Waals surface area (Å²) >= 11 is 0. The average Bonchev–Trinajstić information content (AvgIpc) is 3.11. The molecule has 2 N–H and O–H groups in total. The number of primary sulfonamides is 1. The summed E-state index contributed by atoms with van der Waals surface area (Å²) in [6.07, 6.45) is 1.47. The Hall–Kier alpha value is -1.34. The fourth-order valence-electron chi connectivity index (χ4n) is 4.51. The molecule has 0 aliphatic heterocycles. The van der Waals surface area contributed by atoms with E-state index in [1.54, 1.807) is 12.1 Å². The van der Waals surface area contributed by atoms with Crippen molar-refractivity contribution in [2.45, 2.75) is 62.7 Å². The van der Waals surface area contributed by atoms with Crippen LogP contribution in [-0.2, 0) is 14.8 Å². The Balaban J connectivity index is 1.74. The van der Waals surface area contributed by atoms with Crippen LogP contribution in [0.5, 0.6) is 0 Å². The Labute approximate surface area is 153 Å². The molecular formula is C19H25F2NO3S. The Morgan fingerprint density at radius 2 is 1.81 bits per heavy atom. The molecule has 0 bridgehead atoms. The fourth-order valence-corrected chi connectivity index (χ4v) is 5.03. The number of benzene rings is 1. The third kappa shape index (κ3) is 3.56. The highest BCUT2D eigenvalue weighted by molar-refractivity contribution is 7.89. The predicted octanol–water partition coefficient (Wildman–Crippen LogP) is 3.86. The smallest absolute Gasteiger partial charge is 0.251 e. The summed E-state index contributed by atoms with van der Waals surface area (Å²) in [5.74, 6) is -4.10. The van der Waals surface area contributed by atoms with Gasteiger partial charge in [-0.05, 0) is 41.9 Å². The van der Waals surface area contributed by atoms with E-state index < -0.39 is 21.9 Å². The summed E-state index contributed by atoms with van der Waals surface area (Å²) in [6, 6.07) is 6.18. The lowest BCUT2D eigenvalue weighted by atomic mass is 9.81. The van der Waals surface area contributed by atoms with Gasteiger partial charge in [-0.1, -0.05) is 32.4 Å². The largest absolute Gasteiger partial charge is 0.299 e. The molecular weight excluding hydrogens is 360 g/mol. The number of nitrogens with two attached hydrogens (primary N) is 1. The summed E-state index contributed by atoms with van der Waals surface area (Å²) in [5.41, 5.74) is 0.528. The monoisotopic (exact) mass is 385 g/mol. The van der Waals surface area contributed by atoms with Crippen molar-refractivity contribution in [3.63, 3.8) is 0 Å². The number of hydrogen-bond donors (Lipinski definition) is 1. The SMILES string of the molecule is CC1(C)[C@H](C(=O)CC2CCCCC2(F)F)[C@H]1c1ccc(S(N)(=O)=O)cc1. The lowest BCUT2D eigenvalue weighted by Crippen LogP contribution is -2.33. The van der Waals surface area contributed by atoms with Crippen molar-refractivity contribution in [2.24, 2.45) is 22.4 Å². The molecule has 0 radical (unpaired) electrons. The van der Waals surface area contributed by atoms with Crippen molar-refractivity contribution in [2.75, 3.05) is 0 Å². The molecule has 0 amide bonds. The van der Waals surface area contributed by atoms with Gasteiger partial charge >= 0.3 is 0 Å². The Morgan fingerprint density at radius 3 is 2.35 bits per heavy atom. The second kappa shape index (κ2) is 6.37. The van der Waals surface area contributed by atoms with E-state index in [4.69, 9.17) is 5.14 Å². The van der Waals surface area contributed by atoms with Crippen LogP contribution in [0.15, 0.2) is 29.2 Å². The minimum absolute atomic E-state index is 0.0180. The van der Waals surface area contributed by atoms with Crippen LogP contribution in [0.25, 0.3) is 0 Å². The fraction of sp³-hybridized carbons (Fsp3) is 0.632. The molecule has 1 unspecified atom stereocenters. The van der Waals surface area contributed by atoms with Gasteiger partial charge in [0.15, 0.2) is 0 Å². The molecule has 0 heterocycles. The highest BCUT2D eigenvalue weighted by Crippen LogP contribution is 2.65. The summed E-state index contributed by atoms with van der Waals surface area (Å²) in [5, 5.41) is 5.10. The van der Waals surface area contributed by atoms with E-state index in [0.717, 1.165) is 12.0 Å². The molecule has 4 nitrogen and oxygen atoms in total. The van der Waals surface area contributed by atoms with Gasteiger partial charge in [0, 0.05) is 24.7 Å². The highest BCUT2D eigenvalue weighted by Gasteiger charge is 2.62. The topological polar surface area (TPSA) is 77.2 Å². The maximum Gasteiger partial charge on any atom is 0.251 e. The van der Waals surface area contributed by atoms with Gasteiger partial charge in [-0.25, -0.2) is 22.3 Å². The predicted molar refractivity (Wildman–Crippen MR) is 94.4 cm³/mol. The standard InChI is InChI=1S/C19H25F2NO3S/c1-18(2)16(12-6-8-14(9-7-12)26(22,24)25)17(18)15(23)11-13-5-3-4-10-19(13,20)21/h6-9,13,16-17H,3-5,10-11H2,1-2H3,(H2,22,24,25)/t13?,16-,17-/m1/s1. The lowest BCUT2D eigenvalue weighted by Gasteiger charge is -2.30. The minimum atomic E-state index is -3.77. The van der Waals surface area contributed by atoms with Crippen LogP contribution in [-0.4, -0.2) is 20.1 Å². The van der Waals surface area contributed by atoms with E-state index in [1.165, 1.54) is 12.1 Å². The van der Waals surface area contributed by atoms with Crippen molar-refractivity contribution >= 4 is 15.8 Å². The van der Waals surface area contributed by atoms with Crippen LogP contribution in [0.2, 0.25) is 0 Å². The molecule has 0 saturated heterocycles. The quantitative estimate of drug-likeness (QED) is 0.836. The van der Waals surface area contributed by atoms with Gasteiger partial charge in [-0.2, -0.15) is 0 Å². The molecule has 144 valence electrons. The van der Waals surface area contributed by atoms with Gasteiger partial charge in [0.25, 0.3) is 5.92 Å². The van der Waals surface area contributed by atoms with Crippen LogP contribution in [0.3, 0.4) is 0 Å². The Bertz CT molecular complexity index is 803. The van der Waals surface area contributed by atoms with E-state index in [0.29, 0.717) is 12.8 Å². The van der Waals surface area contributed by atoms with Gasteiger partial charge in [-0.3, -0.25) is 4.79 Å². The number of sulfonamides is 1. The third-order valence-corrected chi connectivity index (χ3v) is 7.03. The molecule has 26 heavy (non-hydrogen) atoms. The van der Waals surface area contributed by atoms with Gasteiger partial charge in [0.2, 0.25) is 10.0 Å². The van der Waals surface area contributed by atoms with Crippen LogP contribution >= 0.6 is 0 Å². The molecule has 3 rings (SSSR count). The van der Waals surface area contributed by atoms with Crippen molar-refractivity contribution < 1.29 is 22.0 Å². The first kappa shape index (κ1) is 19.4. The molecule has 7 heteroatoms. The van der Waals surface area contributed by atoms with Crippen molar-refractivity contribution in [3.05, 3.63) is 29.8 Å². The number of ketones is 1.